The zero-order chi connectivity index (χ0) is 16.2. The summed E-state index contributed by atoms with van der Waals surface area (Å²) < 4.78 is 23.4. The van der Waals surface area contributed by atoms with Gasteiger partial charge in [0, 0.05) is 12.8 Å². The molecule has 0 aliphatic heterocycles. The smallest absolute Gasteiger partial charge is 0.252 e. The zero-order valence-corrected chi connectivity index (χ0v) is 12.7. The van der Waals surface area contributed by atoms with E-state index in [0.29, 0.717) is 5.56 Å². The Morgan fingerprint density at radius 1 is 1.18 bits per heavy atom. The van der Waals surface area contributed by atoms with Gasteiger partial charge in [-0.2, -0.15) is 5.26 Å². The molecule has 2 aromatic rings. The summed E-state index contributed by atoms with van der Waals surface area (Å²) in [5, 5.41) is 11.5. The Hall–Kier alpha value is -2.65. The third-order valence-electron chi connectivity index (χ3n) is 3.04. The Bertz CT molecular complexity index is 852. The Morgan fingerprint density at radius 2 is 1.91 bits per heavy atom. The molecule has 0 atom stereocenters. The van der Waals surface area contributed by atoms with Crippen LogP contribution in [0.4, 0.5) is 0 Å². The maximum absolute atomic E-state index is 12.2. The Kier molecular flexibility index (Phi) is 4.59. The number of hydrogen-bond acceptors (Lipinski definition) is 4. The van der Waals surface area contributed by atoms with Crippen LogP contribution >= 0.6 is 0 Å². The molecule has 0 saturated carbocycles. The van der Waals surface area contributed by atoms with Crippen molar-refractivity contribution < 1.29 is 13.2 Å². The van der Waals surface area contributed by atoms with Crippen molar-refractivity contribution in [3.63, 3.8) is 0 Å². The first kappa shape index (κ1) is 15.7. The summed E-state index contributed by atoms with van der Waals surface area (Å²) in [6.45, 7) is 0.215. The standard InChI is InChI=1S/C16H14N2O3S/c1-22(20,21)15-8-3-2-7-14(15)16(19)18-11-13-6-4-5-12(9-13)10-17/h2-9H,11H2,1H3,(H,18,19). The van der Waals surface area contributed by atoms with Crippen molar-refractivity contribution in [2.24, 2.45) is 0 Å². The van der Waals surface area contributed by atoms with E-state index < -0.39 is 15.7 Å². The fourth-order valence-corrected chi connectivity index (χ4v) is 2.89. The van der Waals surface area contributed by atoms with Gasteiger partial charge in [-0.25, -0.2) is 8.42 Å². The maximum Gasteiger partial charge on any atom is 0.252 e. The fraction of sp³-hybridized carbons (Fsp3) is 0.125. The first-order valence-electron chi connectivity index (χ1n) is 6.48. The van der Waals surface area contributed by atoms with E-state index in [1.54, 1.807) is 36.4 Å². The summed E-state index contributed by atoms with van der Waals surface area (Å²) in [6, 6.07) is 14.9. The SMILES string of the molecule is CS(=O)(=O)c1ccccc1C(=O)NCc1cccc(C#N)c1. The molecule has 0 spiro atoms. The first-order valence-corrected chi connectivity index (χ1v) is 8.37. The van der Waals surface area contributed by atoms with E-state index in [9.17, 15) is 13.2 Å². The maximum atomic E-state index is 12.2. The van der Waals surface area contributed by atoms with E-state index in [2.05, 4.69) is 5.32 Å². The second-order valence-electron chi connectivity index (χ2n) is 4.76. The van der Waals surface area contributed by atoms with Crippen molar-refractivity contribution in [3.05, 3.63) is 65.2 Å². The Labute approximate surface area is 129 Å². The fourth-order valence-electron chi connectivity index (χ4n) is 2.01. The molecule has 2 aromatic carbocycles. The lowest BCUT2D eigenvalue weighted by atomic mass is 10.1. The molecule has 22 heavy (non-hydrogen) atoms. The van der Waals surface area contributed by atoms with Crippen molar-refractivity contribution in [2.45, 2.75) is 11.4 Å². The molecule has 0 fully saturated rings. The largest absolute Gasteiger partial charge is 0.348 e. The van der Waals surface area contributed by atoms with Crippen LogP contribution < -0.4 is 5.32 Å². The van der Waals surface area contributed by atoms with E-state index >= 15 is 0 Å². The van der Waals surface area contributed by atoms with Crippen LogP contribution in [-0.2, 0) is 16.4 Å². The third kappa shape index (κ3) is 3.71. The monoisotopic (exact) mass is 314 g/mol. The number of carbonyl (C=O) groups excluding carboxylic acids is 1. The molecule has 0 heterocycles. The molecule has 0 unspecified atom stereocenters. The summed E-state index contributed by atoms with van der Waals surface area (Å²) >= 11 is 0. The average Bonchev–Trinajstić information content (AvgIpc) is 2.52. The van der Waals surface area contributed by atoms with Gasteiger partial charge in [0.1, 0.15) is 0 Å². The molecule has 0 saturated heterocycles. The number of carbonyl (C=O) groups is 1. The van der Waals surface area contributed by atoms with Crippen molar-refractivity contribution in [1.29, 1.82) is 5.26 Å². The molecule has 0 bridgehead atoms. The van der Waals surface area contributed by atoms with Crippen molar-refractivity contribution in [2.75, 3.05) is 6.26 Å². The lowest BCUT2D eigenvalue weighted by Crippen LogP contribution is -2.24. The predicted octanol–water partition coefficient (Wildman–Crippen LogP) is 1.89. The van der Waals surface area contributed by atoms with Crippen LogP contribution in [0.25, 0.3) is 0 Å². The van der Waals surface area contributed by atoms with Crippen LogP contribution in [0.15, 0.2) is 53.4 Å². The number of sulfone groups is 1. The summed E-state index contributed by atoms with van der Waals surface area (Å²) in [5.41, 5.74) is 1.38. The molecule has 0 radical (unpaired) electrons. The van der Waals surface area contributed by atoms with Crippen LogP contribution in [0.1, 0.15) is 21.5 Å². The van der Waals surface area contributed by atoms with Crippen molar-refractivity contribution in [1.82, 2.24) is 5.32 Å². The molecular weight excluding hydrogens is 300 g/mol. The van der Waals surface area contributed by atoms with Crippen LogP contribution in [0, 0.1) is 11.3 Å². The molecule has 0 aliphatic rings. The van der Waals surface area contributed by atoms with Crippen LogP contribution in [0.3, 0.4) is 0 Å². The van der Waals surface area contributed by atoms with Gasteiger partial charge in [-0.1, -0.05) is 24.3 Å². The minimum absolute atomic E-state index is 0.00160. The van der Waals surface area contributed by atoms with Crippen LogP contribution in [-0.4, -0.2) is 20.6 Å². The van der Waals surface area contributed by atoms with E-state index in [1.807, 2.05) is 6.07 Å². The minimum atomic E-state index is -3.48. The first-order chi connectivity index (χ1) is 10.4. The van der Waals surface area contributed by atoms with E-state index in [4.69, 9.17) is 5.26 Å². The number of hydrogen-bond donors (Lipinski definition) is 1. The van der Waals surface area contributed by atoms with Gasteiger partial charge < -0.3 is 5.32 Å². The van der Waals surface area contributed by atoms with Gasteiger partial charge in [-0.05, 0) is 29.8 Å². The van der Waals surface area contributed by atoms with Crippen LogP contribution in [0.2, 0.25) is 0 Å². The molecule has 6 heteroatoms. The zero-order valence-electron chi connectivity index (χ0n) is 11.9. The minimum Gasteiger partial charge on any atom is -0.348 e. The summed E-state index contributed by atoms with van der Waals surface area (Å²) in [4.78, 5) is 12.2. The predicted molar refractivity (Wildman–Crippen MR) is 81.9 cm³/mol. The number of nitrogens with one attached hydrogen (secondary N) is 1. The average molecular weight is 314 g/mol. The van der Waals surface area contributed by atoms with Gasteiger partial charge in [0.05, 0.1) is 22.1 Å². The quantitative estimate of drug-likeness (QED) is 0.933. The lowest BCUT2D eigenvalue weighted by Gasteiger charge is -2.09. The van der Waals surface area contributed by atoms with Gasteiger partial charge in [0.2, 0.25) is 0 Å². The van der Waals surface area contributed by atoms with Crippen molar-refractivity contribution in [3.8, 4) is 6.07 Å². The number of nitriles is 1. The van der Waals surface area contributed by atoms with E-state index in [-0.39, 0.29) is 17.0 Å². The number of nitrogens with zero attached hydrogens (tertiary/aromatic N) is 1. The number of amides is 1. The second kappa shape index (κ2) is 6.41. The number of benzene rings is 2. The number of rotatable bonds is 4. The molecule has 2 rings (SSSR count). The van der Waals surface area contributed by atoms with Gasteiger partial charge in [-0.3, -0.25) is 4.79 Å². The highest BCUT2D eigenvalue weighted by Crippen LogP contribution is 2.15. The molecule has 1 amide bonds. The van der Waals surface area contributed by atoms with E-state index in [1.165, 1.54) is 12.1 Å². The molecular formula is C16H14N2O3S. The van der Waals surface area contributed by atoms with Crippen molar-refractivity contribution >= 4 is 15.7 Å². The normalized spacial score (nSPS) is 10.7. The van der Waals surface area contributed by atoms with Crippen LogP contribution in [0.5, 0.6) is 0 Å². The molecule has 5 nitrogen and oxygen atoms in total. The highest BCUT2D eigenvalue weighted by Gasteiger charge is 2.17. The topological polar surface area (TPSA) is 87.0 Å². The Morgan fingerprint density at radius 3 is 2.59 bits per heavy atom. The molecule has 1 N–H and O–H groups in total. The molecule has 0 aliphatic carbocycles. The highest BCUT2D eigenvalue weighted by molar-refractivity contribution is 7.90. The lowest BCUT2D eigenvalue weighted by molar-refractivity contribution is 0.0947. The summed E-state index contributed by atoms with van der Waals surface area (Å²) in [7, 11) is -3.48. The summed E-state index contributed by atoms with van der Waals surface area (Å²) in [5.74, 6) is -0.469. The highest BCUT2D eigenvalue weighted by atomic mass is 32.2. The second-order valence-corrected chi connectivity index (χ2v) is 6.75. The molecule has 0 aromatic heterocycles. The molecule has 112 valence electrons. The Balaban J connectivity index is 2.19. The third-order valence-corrected chi connectivity index (χ3v) is 4.20. The van der Waals surface area contributed by atoms with Gasteiger partial charge in [0.25, 0.3) is 5.91 Å². The van der Waals surface area contributed by atoms with Gasteiger partial charge in [-0.15, -0.1) is 0 Å². The summed E-state index contributed by atoms with van der Waals surface area (Å²) in [6.07, 6.45) is 1.06. The van der Waals surface area contributed by atoms with E-state index in [0.717, 1.165) is 11.8 Å². The van der Waals surface area contributed by atoms with Gasteiger partial charge in [0.15, 0.2) is 9.84 Å². The van der Waals surface area contributed by atoms with Gasteiger partial charge >= 0.3 is 0 Å².